The quantitative estimate of drug-likeness (QED) is 0.445. The first-order valence-electron chi connectivity index (χ1n) is 2.22. The van der Waals surface area contributed by atoms with Gasteiger partial charge in [0.25, 0.3) is 0 Å². The number of aliphatic hydroxyl groups is 1. The zero-order chi connectivity index (χ0) is 4.57. The summed E-state index contributed by atoms with van der Waals surface area (Å²) >= 11 is 0. The fourth-order valence-corrected chi connectivity index (χ4v) is 0.485. The monoisotopic (exact) mass is 87.1 g/mol. The molecule has 1 saturated carbocycles. The molecule has 0 aliphatic heterocycles. The Balaban J connectivity index is 2.09. The van der Waals surface area contributed by atoms with E-state index in [1.165, 1.54) is 0 Å². The van der Waals surface area contributed by atoms with E-state index in [4.69, 9.17) is 10.8 Å². The summed E-state index contributed by atoms with van der Waals surface area (Å²) in [4.78, 5) is 0. The first-order chi connectivity index (χ1) is 2.84. The summed E-state index contributed by atoms with van der Waals surface area (Å²) in [6, 6.07) is 0. The molecule has 0 amide bonds. The van der Waals surface area contributed by atoms with E-state index in [0.717, 1.165) is 6.42 Å². The van der Waals surface area contributed by atoms with E-state index in [0.29, 0.717) is 12.5 Å². The van der Waals surface area contributed by atoms with Crippen LogP contribution in [0.25, 0.3) is 0 Å². The van der Waals surface area contributed by atoms with Crippen molar-refractivity contribution in [1.82, 2.24) is 0 Å². The maximum atomic E-state index is 8.55. The molecular formula is C4H9NO. The second-order valence-electron chi connectivity index (χ2n) is 1.80. The molecule has 0 spiro atoms. The molecule has 6 heavy (non-hydrogen) atoms. The molecule has 0 heterocycles. The van der Waals surface area contributed by atoms with Gasteiger partial charge in [-0.15, -0.1) is 0 Å². The van der Waals surface area contributed by atoms with Gasteiger partial charge in [0, 0.05) is 0 Å². The van der Waals surface area contributed by atoms with E-state index in [1.807, 2.05) is 0 Å². The predicted molar refractivity (Wildman–Crippen MR) is 23.2 cm³/mol. The van der Waals surface area contributed by atoms with Crippen molar-refractivity contribution in [1.29, 1.82) is 0 Å². The van der Waals surface area contributed by atoms with Crippen LogP contribution < -0.4 is 5.73 Å². The van der Waals surface area contributed by atoms with Crippen LogP contribution in [0.5, 0.6) is 0 Å². The molecule has 0 radical (unpaired) electrons. The second kappa shape index (κ2) is 1.21. The van der Waals surface area contributed by atoms with Crippen molar-refractivity contribution in [2.24, 2.45) is 11.7 Å². The third-order valence-corrected chi connectivity index (χ3v) is 1.19. The highest BCUT2D eigenvalue weighted by Gasteiger charge is 2.33. The lowest BCUT2D eigenvalue weighted by Crippen LogP contribution is -2.03. The summed E-state index contributed by atoms with van der Waals surface area (Å²) in [5.74, 6) is 0.435. The van der Waals surface area contributed by atoms with Gasteiger partial charge < -0.3 is 10.8 Å². The Labute approximate surface area is 37.0 Å². The molecule has 1 aliphatic rings. The molecule has 0 saturated heterocycles. The fraction of sp³-hybridized carbons (Fsp3) is 1.00. The molecule has 0 bridgehead atoms. The van der Waals surface area contributed by atoms with Crippen LogP contribution in [0, 0.1) is 5.92 Å². The van der Waals surface area contributed by atoms with E-state index in [-0.39, 0.29) is 6.10 Å². The van der Waals surface area contributed by atoms with Crippen LogP contribution in [-0.4, -0.2) is 17.8 Å². The van der Waals surface area contributed by atoms with E-state index in [9.17, 15) is 0 Å². The van der Waals surface area contributed by atoms with Crippen LogP contribution in [0.2, 0.25) is 0 Å². The highest BCUT2D eigenvalue weighted by Crippen LogP contribution is 2.27. The zero-order valence-electron chi connectivity index (χ0n) is 3.59. The lowest BCUT2D eigenvalue weighted by atomic mass is 10.4. The number of hydrogen-bond acceptors (Lipinski definition) is 2. The molecule has 1 aliphatic carbocycles. The molecule has 0 aromatic rings. The fourth-order valence-electron chi connectivity index (χ4n) is 0.485. The number of rotatable bonds is 1. The van der Waals surface area contributed by atoms with Crippen LogP contribution >= 0.6 is 0 Å². The van der Waals surface area contributed by atoms with Crippen LogP contribution in [0.4, 0.5) is 0 Å². The van der Waals surface area contributed by atoms with Crippen molar-refractivity contribution < 1.29 is 5.11 Å². The Hall–Kier alpha value is -0.0800. The second-order valence-corrected chi connectivity index (χ2v) is 1.80. The van der Waals surface area contributed by atoms with Crippen molar-refractivity contribution in [2.45, 2.75) is 12.5 Å². The van der Waals surface area contributed by atoms with Crippen LogP contribution in [0.1, 0.15) is 6.42 Å². The van der Waals surface area contributed by atoms with Gasteiger partial charge in [-0.05, 0) is 18.9 Å². The van der Waals surface area contributed by atoms with Gasteiger partial charge in [-0.2, -0.15) is 0 Å². The first kappa shape index (κ1) is 4.09. The van der Waals surface area contributed by atoms with Crippen molar-refractivity contribution in [3.8, 4) is 0 Å². The number of aliphatic hydroxyl groups excluding tert-OH is 1. The van der Waals surface area contributed by atoms with Crippen LogP contribution in [0.15, 0.2) is 0 Å². The molecule has 36 valence electrons. The normalized spacial score (nSPS) is 43.0. The topological polar surface area (TPSA) is 46.2 Å². The van der Waals surface area contributed by atoms with Crippen LogP contribution in [-0.2, 0) is 0 Å². The molecule has 1 rings (SSSR count). The lowest BCUT2D eigenvalue weighted by molar-refractivity contribution is 0.261. The highest BCUT2D eigenvalue weighted by atomic mass is 16.3. The highest BCUT2D eigenvalue weighted by molar-refractivity contribution is 4.85. The summed E-state index contributed by atoms with van der Waals surface area (Å²) in [5.41, 5.74) is 5.16. The van der Waals surface area contributed by atoms with Gasteiger partial charge in [0.05, 0.1) is 6.10 Å². The van der Waals surface area contributed by atoms with Crippen molar-refractivity contribution in [3.05, 3.63) is 0 Å². The summed E-state index contributed by atoms with van der Waals surface area (Å²) in [6.45, 7) is 0.654. The predicted octanol–water partition coefficient (Wildman–Crippen LogP) is -0.674. The largest absolute Gasteiger partial charge is 0.393 e. The Morgan fingerprint density at radius 3 is 2.33 bits per heavy atom. The standard InChI is InChI=1S/C4H9NO/c5-2-3-1-4(3)6/h3-4,6H,1-2,5H2. The molecule has 2 atom stereocenters. The summed E-state index contributed by atoms with van der Waals surface area (Å²) in [5, 5.41) is 8.55. The van der Waals surface area contributed by atoms with Gasteiger partial charge >= 0.3 is 0 Å². The van der Waals surface area contributed by atoms with Gasteiger partial charge in [-0.25, -0.2) is 0 Å². The maximum Gasteiger partial charge on any atom is 0.0585 e. The zero-order valence-corrected chi connectivity index (χ0v) is 3.59. The van der Waals surface area contributed by atoms with Crippen LogP contribution in [0.3, 0.4) is 0 Å². The molecule has 3 N–H and O–H groups in total. The third-order valence-electron chi connectivity index (χ3n) is 1.19. The van der Waals surface area contributed by atoms with E-state index >= 15 is 0 Å². The minimum absolute atomic E-state index is 0.0602. The molecule has 0 aromatic carbocycles. The smallest absolute Gasteiger partial charge is 0.0585 e. The summed E-state index contributed by atoms with van der Waals surface area (Å²) < 4.78 is 0. The Morgan fingerprint density at radius 2 is 2.33 bits per heavy atom. The summed E-state index contributed by atoms with van der Waals surface area (Å²) in [6.07, 6.45) is 0.867. The van der Waals surface area contributed by atoms with E-state index in [2.05, 4.69) is 0 Å². The van der Waals surface area contributed by atoms with Crippen molar-refractivity contribution in [3.63, 3.8) is 0 Å². The SMILES string of the molecule is NCC1CC1O. The van der Waals surface area contributed by atoms with Gasteiger partial charge in [0.1, 0.15) is 0 Å². The minimum atomic E-state index is -0.0602. The third kappa shape index (κ3) is 0.533. The first-order valence-corrected chi connectivity index (χ1v) is 2.22. The van der Waals surface area contributed by atoms with Crippen molar-refractivity contribution >= 4 is 0 Å². The Morgan fingerprint density at radius 1 is 1.83 bits per heavy atom. The van der Waals surface area contributed by atoms with E-state index < -0.39 is 0 Å². The van der Waals surface area contributed by atoms with E-state index in [1.54, 1.807) is 0 Å². The number of nitrogens with two attached hydrogens (primary N) is 1. The minimum Gasteiger partial charge on any atom is -0.393 e. The Kier molecular flexibility index (Phi) is 0.821. The molecule has 2 nitrogen and oxygen atoms in total. The molecule has 2 unspecified atom stereocenters. The van der Waals surface area contributed by atoms with Gasteiger partial charge in [0.2, 0.25) is 0 Å². The van der Waals surface area contributed by atoms with Gasteiger partial charge in [-0.1, -0.05) is 0 Å². The molecule has 1 fully saturated rings. The molecular weight excluding hydrogens is 78.0 g/mol. The average molecular weight is 87.1 g/mol. The van der Waals surface area contributed by atoms with Gasteiger partial charge in [0.15, 0.2) is 0 Å². The van der Waals surface area contributed by atoms with Crippen molar-refractivity contribution in [2.75, 3.05) is 6.54 Å². The average Bonchev–Trinajstić information content (AvgIpc) is 2.19. The Bertz CT molecular complexity index is 53.5. The maximum absolute atomic E-state index is 8.55. The number of hydrogen-bond donors (Lipinski definition) is 2. The summed E-state index contributed by atoms with van der Waals surface area (Å²) in [7, 11) is 0. The molecule has 2 heteroatoms. The van der Waals surface area contributed by atoms with Gasteiger partial charge in [-0.3, -0.25) is 0 Å². The molecule has 0 aromatic heterocycles. The lowest BCUT2D eigenvalue weighted by Gasteiger charge is -1.79.